The van der Waals surface area contributed by atoms with Gasteiger partial charge in [0.1, 0.15) is 0 Å². The SMILES string of the molecule is Cc1ccccc1NC(=O)C1(c2cccs2)CCCC1. The van der Waals surface area contributed by atoms with Crippen LogP contribution in [0.5, 0.6) is 0 Å². The maximum Gasteiger partial charge on any atom is 0.235 e. The first-order valence-corrected chi connectivity index (χ1v) is 8.01. The molecular weight excluding hydrogens is 266 g/mol. The molecule has 2 nitrogen and oxygen atoms in total. The van der Waals surface area contributed by atoms with Crippen molar-refractivity contribution in [3.05, 3.63) is 52.2 Å². The maximum atomic E-state index is 12.9. The highest BCUT2D eigenvalue weighted by Crippen LogP contribution is 2.44. The quantitative estimate of drug-likeness (QED) is 0.883. The average Bonchev–Trinajstić information content (AvgIpc) is 3.12. The number of anilines is 1. The lowest BCUT2D eigenvalue weighted by Crippen LogP contribution is -2.37. The number of para-hydroxylation sites is 1. The molecule has 1 aromatic carbocycles. The fraction of sp³-hybridized carbons (Fsp3) is 0.353. The monoisotopic (exact) mass is 285 g/mol. The molecule has 1 aliphatic carbocycles. The lowest BCUT2D eigenvalue weighted by molar-refractivity contribution is -0.121. The van der Waals surface area contributed by atoms with E-state index in [1.807, 2.05) is 37.3 Å². The Bertz CT molecular complexity index is 597. The fourth-order valence-electron chi connectivity index (χ4n) is 3.07. The molecule has 3 rings (SSSR count). The third-order valence-corrected chi connectivity index (χ3v) is 5.35. The normalized spacial score (nSPS) is 17.1. The summed E-state index contributed by atoms with van der Waals surface area (Å²) >= 11 is 1.70. The molecule has 104 valence electrons. The van der Waals surface area contributed by atoms with Gasteiger partial charge in [-0.3, -0.25) is 4.79 Å². The number of carbonyl (C=O) groups is 1. The van der Waals surface area contributed by atoms with E-state index in [0.29, 0.717) is 0 Å². The van der Waals surface area contributed by atoms with Crippen molar-refractivity contribution in [1.29, 1.82) is 0 Å². The Kier molecular flexibility index (Phi) is 3.62. The van der Waals surface area contributed by atoms with E-state index in [1.165, 1.54) is 4.88 Å². The molecule has 1 N–H and O–H groups in total. The first kappa shape index (κ1) is 13.4. The van der Waals surface area contributed by atoms with Crippen molar-refractivity contribution in [3.8, 4) is 0 Å². The number of benzene rings is 1. The summed E-state index contributed by atoms with van der Waals surface area (Å²) < 4.78 is 0. The number of hydrogen-bond acceptors (Lipinski definition) is 2. The van der Waals surface area contributed by atoms with Gasteiger partial charge in [-0.25, -0.2) is 0 Å². The van der Waals surface area contributed by atoms with Crippen molar-refractivity contribution in [2.45, 2.75) is 38.0 Å². The fourth-order valence-corrected chi connectivity index (χ4v) is 4.05. The zero-order chi connectivity index (χ0) is 14.0. The second kappa shape index (κ2) is 5.41. The van der Waals surface area contributed by atoms with Gasteiger partial charge in [0.05, 0.1) is 5.41 Å². The van der Waals surface area contributed by atoms with Crippen molar-refractivity contribution in [1.82, 2.24) is 0 Å². The van der Waals surface area contributed by atoms with E-state index in [9.17, 15) is 4.79 Å². The van der Waals surface area contributed by atoms with Crippen LogP contribution >= 0.6 is 11.3 Å². The van der Waals surface area contributed by atoms with Crippen LogP contribution in [0.4, 0.5) is 5.69 Å². The van der Waals surface area contributed by atoms with Crippen molar-refractivity contribution < 1.29 is 4.79 Å². The van der Waals surface area contributed by atoms with Crippen LogP contribution in [0.1, 0.15) is 36.1 Å². The second-order valence-electron chi connectivity index (χ2n) is 5.54. The summed E-state index contributed by atoms with van der Waals surface area (Å²) in [6, 6.07) is 12.1. The molecule has 0 bridgehead atoms. The summed E-state index contributed by atoms with van der Waals surface area (Å²) in [7, 11) is 0. The molecule has 0 spiro atoms. The van der Waals surface area contributed by atoms with E-state index in [0.717, 1.165) is 36.9 Å². The first-order chi connectivity index (χ1) is 9.72. The second-order valence-corrected chi connectivity index (χ2v) is 6.48. The highest BCUT2D eigenvalue weighted by molar-refractivity contribution is 7.10. The molecule has 2 aromatic rings. The number of thiophene rings is 1. The van der Waals surface area contributed by atoms with Gasteiger partial charge in [0, 0.05) is 10.6 Å². The molecule has 0 unspecified atom stereocenters. The summed E-state index contributed by atoms with van der Waals surface area (Å²) in [6.45, 7) is 2.03. The van der Waals surface area contributed by atoms with Crippen LogP contribution < -0.4 is 5.32 Å². The molecule has 0 radical (unpaired) electrons. The van der Waals surface area contributed by atoms with Crippen molar-refractivity contribution in [3.63, 3.8) is 0 Å². The van der Waals surface area contributed by atoms with Crippen molar-refractivity contribution in [2.75, 3.05) is 5.32 Å². The molecular formula is C17H19NOS. The molecule has 0 saturated heterocycles. The van der Waals surface area contributed by atoms with Crippen molar-refractivity contribution >= 4 is 22.9 Å². The van der Waals surface area contributed by atoms with Gasteiger partial charge >= 0.3 is 0 Å². The number of aryl methyl sites for hydroxylation is 1. The summed E-state index contributed by atoms with van der Waals surface area (Å²) in [4.78, 5) is 14.1. The summed E-state index contributed by atoms with van der Waals surface area (Å²) in [5.74, 6) is 0.159. The summed E-state index contributed by atoms with van der Waals surface area (Å²) in [6.07, 6.45) is 4.20. The Labute approximate surface area is 123 Å². The third-order valence-electron chi connectivity index (χ3n) is 4.28. The van der Waals surface area contributed by atoms with E-state index < -0.39 is 0 Å². The minimum Gasteiger partial charge on any atom is -0.325 e. The van der Waals surface area contributed by atoms with Gasteiger partial charge in [0.15, 0.2) is 0 Å². The van der Waals surface area contributed by atoms with Gasteiger partial charge in [0.2, 0.25) is 5.91 Å². The molecule has 0 atom stereocenters. The molecule has 0 aliphatic heterocycles. The zero-order valence-electron chi connectivity index (χ0n) is 11.7. The van der Waals surface area contributed by atoms with Gasteiger partial charge in [-0.2, -0.15) is 0 Å². The first-order valence-electron chi connectivity index (χ1n) is 7.13. The molecule has 1 heterocycles. The predicted octanol–water partition coefficient (Wildman–Crippen LogP) is 4.51. The Morgan fingerprint density at radius 3 is 2.55 bits per heavy atom. The molecule has 1 aromatic heterocycles. The van der Waals surface area contributed by atoms with E-state index in [4.69, 9.17) is 0 Å². The molecule has 20 heavy (non-hydrogen) atoms. The number of rotatable bonds is 3. The molecule has 1 saturated carbocycles. The largest absolute Gasteiger partial charge is 0.325 e. The predicted molar refractivity (Wildman–Crippen MR) is 84.3 cm³/mol. The van der Waals surface area contributed by atoms with E-state index in [1.54, 1.807) is 11.3 Å². The Hall–Kier alpha value is -1.61. The number of carbonyl (C=O) groups excluding carboxylic acids is 1. The van der Waals surface area contributed by atoms with Gasteiger partial charge in [-0.1, -0.05) is 37.1 Å². The molecule has 1 amide bonds. The Balaban J connectivity index is 1.90. The number of hydrogen-bond donors (Lipinski definition) is 1. The highest BCUT2D eigenvalue weighted by atomic mass is 32.1. The number of nitrogens with one attached hydrogen (secondary N) is 1. The zero-order valence-corrected chi connectivity index (χ0v) is 12.5. The maximum absolute atomic E-state index is 12.9. The van der Waals surface area contributed by atoms with E-state index in [2.05, 4.69) is 16.8 Å². The van der Waals surface area contributed by atoms with Gasteiger partial charge in [-0.05, 0) is 42.8 Å². The minimum absolute atomic E-state index is 0.159. The number of amides is 1. The van der Waals surface area contributed by atoms with Crippen LogP contribution in [0.25, 0.3) is 0 Å². The van der Waals surface area contributed by atoms with Crippen LogP contribution in [-0.4, -0.2) is 5.91 Å². The molecule has 1 aliphatic rings. The summed E-state index contributed by atoms with van der Waals surface area (Å²) in [5, 5.41) is 5.21. The Morgan fingerprint density at radius 2 is 1.90 bits per heavy atom. The van der Waals surface area contributed by atoms with Gasteiger partial charge < -0.3 is 5.32 Å². The Morgan fingerprint density at radius 1 is 1.15 bits per heavy atom. The average molecular weight is 285 g/mol. The molecule has 3 heteroatoms. The minimum atomic E-state index is -0.309. The topological polar surface area (TPSA) is 29.1 Å². The van der Waals surface area contributed by atoms with Crippen LogP contribution in [0.2, 0.25) is 0 Å². The standard InChI is InChI=1S/C17H19NOS/c1-13-7-2-3-8-14(13)18-16(19)17(10-4-5-11-17)15-9-6-12-20-15/h2-3,6-9,12H,4-5,10-11H2,1H3,(H,18,19). The van der Waals surface area contributed by atoms with Crippen LogP contribution in [-0.2, 0) is 10.2 Å². The highest BCUT2D eigenvalue weighted by Gasteiger charge is 2.43. The van der Waals surface area contributed by atoms with Crippen LogP contribution in [0.3, 0.4) is 0 Å². The van der Waals surface area contributed by atoms with Crippen molar-refractivity contribution in [2.24, 2.45) is 0 Å². The summed E-state index contributed by atoms with van der Waals surface area (Å²) in [5.41, 5.74) is 1.73. The van der Waals surface area contributed by atoms with Gasteiger partial charge in [0.25, 0.3) is 0 Å². The third kappa shape index (κ3) is 2.27. The lowest BCUT2D eigenvalue weighted by atomic mass is 9.83. The van der Waals surface area contributed by atoms with Crippen LogP contribution in [0, 0.1) is 6.92 Å². The van der Waals surface area contributed by atoms with Gasteiger partial charge in [-0.15, -0.1) is 11.3 Å². The van der Waals surface area contributed by atoms with Crippen LogP contribution in [0.15, 0.2) is 41.8 Å². The molecule has 1 fully saturated rings. The van der Waals surface area contributed by atoms with E-state index in [-0.39, 0.29) is 11.3 Å². The smallest absolute Gasteiger partial charge is 0.235 e. The van der Waals surface area contributed by atoms with E-state index >= 15 is 0 Å². The lowest BCUT2D eigenvalue weighted by Gasteiger charge is -2.27.